The molecular formula is C20H28N4O4. The first-order valence-corrected chi connectivity index (χ1v) is 9.72. The van der Waals surface area contributed by atoms with Crippen LogP contribution in [0.3, 0.4) is 0 Å². The van der Waals surface area contributed by atoms with Crippen molar-refractivity contribution in [3.05, 3.63) is 48.3 Å². The molecule has 28 heavy (non-hydrogen) atoms. The van der Waals surface area contributed by atoms with Gasteiger partial charge in [-0.05, 0) is 43.8 Å². The van der Waals surface area contributed by atoms with E-state index in [1.165, 1.54) is 0 Å². The number of carbonyl (C=O) groups is 2. The number of hydrogen-bond acceptors (Lipinski definition) is 6. The Kier molecular flexibility index (Phi) is 7.69. The summed E-state index contributed by atoms with van der Waals surface area (Å²) in [6.45, 7) is 5.57. The van der Waals surface area contributed by atoms with Crippen LogP contribution in [0.5, 0.6) is 0 Å². The van der Waals surface area contributed by atoms with E-state index in [1.54, 1.807) is 12.5 Å². The van der Waals surface area contributed by atoms with Crippen LogP contribution in [-0.4, -0.2) is 60.9 Å². The van der Waals surface area contributed by atoms with Gasteiger partial charge in [0.25, 0.3) is 0 Å². The van der Waals surface area contributed by atoms with Crippen molar-refractivity contribution in [2.24, 2.45) is 0 Å². The average molecular weight is 388 g/mol. The lowest BCUT2D eigenvalue weighted by atomic mass is 10.2. The van der Waals surface area contributed by atoms with Crippen molar-refractivity contribution in [3.8, 4) is 0 Å². The fraction of sp³-hybridized carbons (Fsp3) is 0.500. The van der Waals surface area contributed by atoms with Crippen LogP contribution in [0.2, 0.25) is 0 Å². The van der Waals surface area contributed by atoms with Gasteiger partial charge in [0.15, 0.2) is 0 Å². The lowest BCUT2D eigenvalue weighted by molar-refractivity contribution is -0.129. The fourth-order valence-corrected chi connectivity index (χ4v) is 3.28. The van der Waals surface area contributed by atoms with Gasteiger partial charge in [0.1, 0.15) is 17.9 Å². The predicted molar refractivity (Wildman–Crippen MR) is 103 cm³/mol. The van der Waals surface area contributed by atoms with Crippen molar-refractivity contribution < 1.29 is 18.4 Å². The molecule has 0 spiro atoms. The van der Waals surface area contributed by atoms with Crippen molar-refractivity contribution >= 4 is 11.8 Å². The Morgan fingerprint density at radius 1 is 0.786 bits per heavy atom. The molecule has 1 saturated heterocycles. The summed E-state index contributed by atoms with van der Waals surface area (Å²) in [5.74, 6) is 1.30. The molecule has 0 unspecified atom stereocenters. The number of nitrogens with zero attached hydrogens (tertiary/aromatic N) is 2. The molecule has 1 aliphatic rings. The van der Waals surface area contributed by atoms with Crippen molar-refractivity contribution in [2.45, 2.75) is 25.9 Å². The largest absolute Gasteiger partial charge is 0.468 e. The van der Waals surface area contributed by atoms with E-state index in [0.717, 1.165) is 31.0 Å². The number of nitrogens with one attached hydrogen (secondary N) is 2. The lowest BCUT2D eigenvalue weighted by Crippen LogP contribution is -2.41. The number of amides is 2. The highest BCUT2D eigenvalue weighted by molar-refractivity contribution is 5.96. The number of carbonyl (C=O) groups excluding carboxylic acids is 2. The van der Waals surface area contributed by atoms with E-state index in [2.05, 4.69) is 20.4 Å². The van der Waals surface area contributed by atoms with E-state index in [1.807, 2.05) is 24.3 Å². The molecule has 2 aromatic rings. The normalized spacial score (nSPS) is 19.0. The molecule has 0 saturated carbocycles. The van der Waals surface area contributed by atoms with E-state index in [4.69, 9.17) is 8.83 Å². The van der Waals surface area contributed by atoms with E-state index in [-0.39, 0.29) is 18.2 Å². The van der Waals surface area contributed by atoms with Gasteiger partial charge in [0.05, 0.1) is 25.6 Å². The van der Waals surface area contributed by atoms with Gasteiger partial charge in [0.2, 0.25) is 11.8 Å². The van der Waals surface area contributed by atoms with E-state index < -0.39 is 0 Å². The van der Waals surface area contributed by atoms with Crippen molar-refractivity contribution in [3.63, 3.8) is 0 Å². The van der Waals surface area contributed by atoms with Gasteiger partial charge in [-0.15, -0.1) is 0 Å². The summed E-state index contributed by atoms with van der Waals surface area (Å²) in [6, 6.07) is 7.67. The summed E-state index contributed by atoms with van der Waals surface area (Å²) in [5.41, 5.74) is 0. The highest BCUT2D eigenvalue weighted by Crippen LogP contribution is 2.09. The zero-order valence-electron chi connectivity index (χ0n) is 16.1. The Labute approximate surface area is 164 Å². The standard InChI is InChI=1S/C20H28N4O4/c25-19-14-20(26)22-7-11-24(16-18-5-2-13-28-18)9-3-8-23(10-6-21-19)15-17-4-1-12-27-17/h1-2,4-5,12-13H,3,6-11,14-16H2,(H,21,25)(H,22,26). The molecule has 3 rings (SSSR count). The molecule has 0 aliphatic carbocycles. The van der Waals surface area contributed by atoms with Gasteiger partial charge in [-0.2, -0.15) is 0 Å². The van der Waals surface area contributed by atoms with Crippen molar-refractivity contribution in [2.75, 3.05) is 39.3 Å². The van der Waals surface area contributed by atoms with Gasteiger partial charge in [0, 0.05) is 26.2 Å². The second-order valence-corrected chi connectivity index (χ2v) is 6.94. The third-order valence-electron chi connectivity index (χ3n) is 4.69. The Morgan fingerprint density at radius 2 is 1.29 bits per heavy atom. The maximum Gasteiger partial charge on any atom is 0.229 e. The quantitative estimate of drug-likeness (QED) is 0.765. The maximum absolute atomic E-state index is 11.9. The molecule has 152 valence electrons. The molecular weight excluding hydrogens is 360 g/mol. The molecule has 1 fully saturated rings. The van der Waals surface area contributed by atoms with E-state index in [9.17, 15) is 9.59 Å². The summed E-state index contributed by atoms with van der Waals surface area (Å²) in [4.78, 5) is 28.4. The van der Waals surface area contributed by atoms with Crippen LogP contribution in [0, 0.1) is 0 Å². The van der Waals surface area contributed by atoms with Gasteiger partial charge in [-0.3, -0.25) is 19.4 Å². The van der Waals surface area contributed by atoms with Crippen LogP contribution in [0.15, 0.2) is 45.6 Å². The Hall–Kier alpha value is -2.58. The van der Waals surface area contributed by atoms with Crippen LogP contribution in [0.4, 0.5) is 0 Å². The third-order valence-corrected chi connectivity index (χ3v) is 4.69. The van der Waals surface area contributed by atoms with Crippen molar-refractivity contribution in [1.29, 1.82) is 0 Å². The predicted octanol–water partition coefficient (Wildman–Crippen LogP) is 1.20. The van der Waals surface area contributed by atoms with E-state index >= 15 is 0 Å². The van der Waals surface area contributed by atoms with Crippen LogP contribution in [0.25, 0.3) is 0 Å². The highest BCUT2D eigenvalue weighted by atomic mass is 16.3. The first-order valence-electron chi connectivity index (χ1n) is 9.72. The minimum Gasteiger partial charge on any atom is -0.468 e. The average Bonchev–Trinajstić information content (AvgIpc) is 3.34. The Bertz CT molecular complexity index is 654. The summed E-state index contributed by atoms with van der Waals surface area (Å²) < 4.78 is 10.9. The zero-order chi connectivity index (χ0) is 19.6. The highest BCUT2D eigenvalue weighted by Gasteiger charge is 2.15. The molecule has 2 N–H and O–H groups in total. The molecule has 2 aromatic heterocycles. The van der Waals surface area contributed by atoms with Crippen molar-refractivity contribution in [1.82, 2.24) is 20.4 Å². The first-order chi connectivity index (χ1) is 13.7. The second-order valence-electron chi connectivity index (χ2n) is 6.94. The number of furan rings is 2. The van der Waals surface area contributed by atoms with Crippen LogP contribution < -0.4 is 10.6 Å². The summed E-state index contributed by atoms with van der Waals surface area (Å²) >= 11 is 0. The minimum atomic E-state index is -0.250. The lowest BCUT2D eigenvalue weighted by Gasteiger charge is -2.25. The maximum atomic E-state index is 11.9. The Morgan fingerprint density at radius 3 is 1.71 bits per heavy atom. The molecule has 8 heteroatoms. The molecule has 3 heterocycles. The van der Waals surface area contributed by atoms with E-state index in [0.29, 0.717) is 39.3 Å². The van der Waals surface area contributed by atoms with Gasteiger partial charge < -0.3 is 19.5 Å². The topological polar surface area (TPSA) is 91.0 Å². The van der Waals surface area contributed by atoms with Crippen LogP contribution in [0.1, 0.15) is 24.4 Å². The zero-order valence-corrected chi connectivity index (χ0v) is 16.1. The molecule has 0 bridgehead atoms. The monoisotopic (exact) mass is 388 g/mol. The summed E-state index contributed by atoms with van der Waals surface area (Å²) in [7, 11) is 0. The van der Waals surface area contributed by atoms with Gasteiger partial charge in [-0.25, -0.2) is 0 Å². The third kappa shape index (κ3) is 6.86. The Balaban J connectivity index is 1.61. The fourth-order valence-electron chi connectivity index (χ4n) is 3.28. The smallest absolute Gasteiger partial charge is 0.229 e. The molecule has 0 radical (unpaired) electrons. The second kappa shape index (κ2) is 10.7. The summed E-state index contributed by atoms with van der Waals surface area (Å²) in [6.07, 6.45) is 4.16. The minimum absolute atomic E-state index is 0.142. The summed E-state index contributed by atoms with van der Waals surface area (Å²) in [5, 5.41) is 5.64. The molecule has 0 atom stereocenters. The van der Waals surface area contributed by atoms with Crippen LogP contribution >= 0.6 is 0 Å². The van der Waals surface area contributed by atoms with Gasteiger partial charge >= 0.3 is 0 Å². The molecule has 8 nitrogen and oxygen atoms in total. The molecule has 0 aromatic carbocycles. The molecule has 1 aliphatic heterocycles. The molecule has 2 amide bonds. The van der Waals surface area contributed by atoms with Gasteiger partial charge in [-0.1, -0.05) is 0 Å². The number of hydrogen-bond donors (Lipinski definition) is 2. The first kappa shape index (κ1) is 20.2. The number of rotatable bonds is 4. The van der Waals surface area contributed by atoms with Crippen LogP contribution in [-0.2, 0) is 22.7 Å². The SMILES string of the molecule is O=C1CC(=O)NCCN(Cc2ccco2)CCCN(Cc2ccco2)CCN1.